The number of carbonyl (C=O) groups excluding carboxylic acids is 1. The molecule has 1 N–H and O–H groups in total. The fourth-order valence-electron chi connectivity index (χ4n) is 2.49. The summed E-state index contributed by atoms with van der Waals surface area (Å²) in [6, 6.07) is 19.5. The van der Waals surface area contributed by atoms with Crippen LogP contribution < -0.4 is 14.9 Å². The second kappa shape index (κ2) is 9.96. The van der Waals surface area contributed by atoms with Crippen molar-refractivity contribution in [3.05, 3.63) is 93.5 Å². The van der Waals surface area contributed by atoms with Crippen molar-refractivity contribution in [2.45, 2.75) is 6.61 Å². The molecule has 0 unspecified atom stereocenters. The van der Waals surface area contributed by atoms with Crippen molar-refractivity contribution in [3.8, 4) is 11.5 Å². The third kappa shape index (κ3) is 5.73. The van der Waals surface area contributed by atoms with Crippen molar-refractivity contribution in [2.75, 3.05) is 7.11 Å². The molecule has 0 aliphatic heterocycles. The van der Waals surface area contributed by atoms with Crippen molar-refractivity contribution in [1.29, 1.82) is 0 Å². The van der Waals surface area contributed by atoms with E-state index in [9.17, 15) is 4.79 Å². The molecule has 0 heterocycles. The van der Waals surface area contributed by atoms with E-state index in [4.69, 9.17) is 32.7 Å². The summed E-state index contributed by atoms with van der Waals surface area (Å²) in [5, 5.41) is 4.96. The number of nitrogens with one attached hydrogen (secondary N) is 1. The molecule has 5 nitrogen and oxygen atoms in total. The topological polar surface area (TPSA) is 59.9 Å². The number of rotatable bonds is 7. The van der Waals surface area contributed by atoms with E-state index in [1.54, 1.807) is 55.6 Å². The first-order chi connectivity index (χ1) is 14.1. The summed E-state index contributed by atoms with van der Waals surface area (Å²) >= 11 is 12.0. The predicted molar refractivity (Wildman–Crippen MR) is 115 cm³/mol. The van der Waals surface area contributed by atoms with E-state index in [2.05, 4.69) is 10.5 Å². The Balaban J connectivity index is 1.63. The van der Waals surface area contributed by atoms with Crippen molar-refractivity contribution in [3.63, 3.8) is 0 Å². The second-order valence-corrected chi connectivity index (χ2v) is 6.83. The maximum Gasteiger partial charge on any atom is 0.271 e. The number of hydrogen-bond donors (Lipinski definition) is 1. The highest BCUT2D eigenvalue weighted by Gasteiger charge is 2.07. The van der Waals surface area contributed by atoms with Gasteiger partial charge in [-0.1, -0.05) is 47.5 Å². The smallest absolute Gasteiger partial charge is 0.271 e. The Morgan fingerprint density at radius 2 is 1.79 bits per heavy atom. The molecule has 0 fully saturated rings. The van der Waals surface area contributed by atoms with Gasteiger partial charge in [-0.05, 0) is 53.6 Å². The molecule has 0 spiro atoms. The van der Waals surface area contributed by atoms with Crippen LogP contribution in [0.2, 0.25) is 10.0 Å². The maximum absolute atomic E-state index is 12.0. The van der Waals surface area contributed by atoms with Crippen LogP contribution in [0.25, 0.3) is 0 Å². The zero-order chi connectivity index (χ0) is 20.6. The molecule has 1 amide bonds. The quantitative estimate of drug-likeness (QED) is 0.407. The van der Waals surface area contributed by atoms with Crippen LogP contribution in [0.1, 0.15) is 21.5 Å². The number of methoxy groups -OCH3 is 1. The molecule has 0 aliphatic carbocycles. The summed E-state index contributed by atoms with van der Waals surface area (Å²) in [6.45, 7) is 0.313. The monoisotopic (exact) mass is 428 g/mol. The fraction of sp³-hybridized carbons (Fsp3) is 0.0909. The number of hydrogen-bond acceptors (Lipinski definition) is 4. The molecule has 148 valence electrons. The Morgan fingerprint density at radius 1 is 1.00 bits per heavy atom. The Labute approximate surface area is 178 Å². The highest BCUT2D eigenvalue weighted by Crippen LogP contribution is 2.29. The average molecular weight is 429 g/mol. The summed E-state index contributed by atoms with van der Waals surface area (Å²) in [7, 11) is 1.56. The Kier molecular flexibility index (Phi) is 7.11. The van der Waals surface area contributed by atoms with Crippen LogP contribution in [-0.2, 0) is 6.61 Å². The van der Waals surface area contributed by atoms with E-state index in [0.29, 0.717) is 33.7 Å². The number of ether oxygens (including phenoxy) is 2. The highest BCUT2D eigenvalue weighted by atomic mass is 35.5. The molecule has 29 heavy (non-hydrogen) atoms. The summed E-state index contributed by atoms with van der Waals surface area (Å²) in [4.78, 5) is 12.0. The first-order valence-electron chi connectivity index (χ1n) is 8.70. The molecule has 0 aromatic heterocycles. The van der Waals surface area contributed by atoms with Gasteiger partial charge in [0.15, 0.2) is 11.5 Å². The lowest BCUT2D eigenvalue weighted by molar-refractivity contribution is 0.0955. The average Bonchev–Trinajstić information content (AvgIpc) is 2.75. The van der Waals surface area contributed by atoms with Crippen molar-refractivity contribution in [1.82, 2.24) is 5.43 Å². The molecule has 0 atom stereocenters. The number of carbonyl (C=O) groups is 1. The van der Waals surface area contributed by atoms with Gasteiger partial charge in [-0.15, -0.1) is 0 Å². The van der Waals surface area contributed by atoms with E-state index in [0.717, 1.165) is 11.1 Å². The standard InChI is InChI=1S/C22H18Cl2N2O3/c1-28-21-12-15(13-25-26-22(27)17-5-3-2-4-6-17)8-10-20(21)29-14-16-7-9-18(23)19(24)11-16/h2-13H,14H2,1H3,(H,26,27)/b25-13-. The van der Waals surface area contributed by atoms with Crippen molar-refractivity contribution >= 4 is 35.3 Å². The summed E-state index contributed by atoms with van der Waals surface area (Å²) < 4.78 is 11.2. The first kappa shape index (κ1) is 20.7. The van der Waals surface area contributed by atoms with Gasteiger partial charge in [0, 0.05) is 5.56 Å². The molecule has 0 saturated heterocycles. The highest BCUT2D eigenvalue weighted by molar-refractivity contribution is 6.42. The molecule has 3 aromatic carbocycles. The minimum Gasteiger partial charge on any atom is -0.493 e. The molecule has 7 heteroatoms. The normalized spacial score (nSPS) is 10.7. The zero-order valence-corrected chi connectivity index (χ0v) is 17.1. The van der Waals surface area contributed by atoms with Crippen LogP contribution in [-0.4, -0.2) is 19.2 Å². The van der Waals surface area contributed by atoms with Crippen molar-refractivity contribution in [2.24, 2.45) is 5.10 Å². The Bertz CT molecular complexity index is 1020. The van der Waals surface area contributed by atoms with E-state index in [1.807, 2.05) is 18.2 Å². The van der Waals surface area contributed by atoms with Gasteiger partial charge in [0.1, 0.15) is 6.61 Å². The largest absolute Gasteiger partial charge is 0.493 e. The number of nitrogens with zero attached hydrogens (tertiary/aromatic N) is 1. The fourth-order valence-corrected chi connectivity index (χ4v) is 2.81. The van der Waals surface area contributed by atoms with Crippen LogP contribution in [0.15, 0.2) is 71.8 Å². The number of amides is 1. The lowest BCUT2D eigenvalue weighted by Gasteiger charge is -2.11. The van der Waals surface area contributed by atoms with E-state index in [-0.39, 0.29) is 5.91 Å². The summed E-state index contributed by atoms with van der Waals surface area (Å²) in [5.41, 5.74) is 4.66. The van der Waals surface area contributed by atoms with Crippen LogP contribution in [0.4, 0.5) is 0 Å². The SMILES string of the molecule is COc1cc(/C=N\NC(=O)c2ccccc2)ccc1OCc1ccc(Cl)c(Cl)c1. The molecule has 0 aliphatic rings. The number of benzene rings is 3. The minimum atomic E-state index is -0.282. The summed E-state index contributed by atoms with van der Waals surface area (Å²) in [6.07, 6.45) is 1.53. The van der Waals surface area contributed by atoms with Crippen LogP contribution in [0, 0.1) is 0 Å². The van der Waals surface area contributed by atoms with Crippen molar-refractivity contribution < 1.29 is 14.3 Å². The lowest BCUT2D eigenvalue weighted by Crippen LogP contribution is -2.17. The molecular formula is C22H18Cl2N2O3. The van der Waals surface area contributed by atoms with Gasteiger partial charge < -0.3 is 9.47 Å². The van der Waals surface area contributed by atoms with Gasteiger partial charge in [-0.25, -0.2) is 5.43 Å². The molecular weight excluding hydrogens is 411 g/mol. The molecule has 3 aromatic rings. The molecule has 0 bridgehead atoms. The lowest BCUT2D eigenvalue weighted by atomic mass is 10.2. The first-order valence-corrected chi connectivity index (χ1v) is 9.45. The number of hydrazone groups is 1. The third-order valence-corrected chi connectivity index (χ3v) is 4.72. The Hall–Kier alpha value is -3.02. The van der Waals surface area contributed by atoms with E-state index >= 15 is 0 Å². The van der Waals surface area contributed by atoms with Gasteiger partial charge >= 0.3 is 0 Å². The van der Waals surface area contributed by atoms with Gasteiger partial charge in [0.2, 0.25) is 0 Å². The predicted octanol–water partition coefficient (Wildman–Crippen LogP) is 5.34. The van der Waals surface area contributed by atoms with Gasteiger partial charge in [0.05, 0.1) is 23.4 Å². The van der Waals surface area contributed by atoms with Crippen LogP contribution in [0.5, 0.6) is 11.5 Å². The van der Waals surface area contributed by atoms with Gasteiger partial charge in [0.25, 0.3) is 5.91 Å². The number of halogens is 2. The van der Waals surface area contributed by atoms with Crippen LogP contribution >= 0.6 is 23.2 Å². The minimum absolute atomic E-state index is 0.282. The van der Waals surface area contributed by atoms with Crippen LogP contribution in [0.3, 0.4) is 0 Å². The Morgan fingerprint density at radius 3 is 2.52 bits per heavy atom. The van der Waals surface area contributed by atoms with E-state index in [1.165, 1.54) is 6.21 Å². The summed E-state index contributed by atoms with van der Waals surface area (Å²) in [5.74, 6) is 0.836. The molecule has 3 rings (SSSR count). The van der Waals surface area contributed by atoms with Gasteiger partial charge in [-0.3, -0.25) is 4.79 Å². The molecule has 0 radical (unpaired) electrons. The van der Waals surface area contributed by atoms with Gasteiger partial charge in [-0.2, -0.15) is 5.10 Å². The zero-order valence-electron chi connectivity index (χ0n) is 15.6. The maximum atomic E-state index is 12.0. The van der Waals surface area contributed by atoms with E-state index < -0.39 is 0 Å². The third-order valence-electron chi connectivity index (χ3n) is 3.98. The molecule has 0 saturated carbocycles. The second-order valence-electron chi connectivity index (χ2n) is 6.01.